The summed E-state index contributed by atoms with van der Waals surface area (Å²) in [6.07, 6.45) is 3.40. The van der Waals surface area contributed by atoms with Crippen molar-refractivity contribution in [1.82, 2.24) is 0 Å². The number of ketones is 1. The minimum atomic E-state index is -0.250. The number of carbonyl (C=O) groups excluding carboxylic acids is 2. The summed E-state index contributed by atoms with van der Waals surface area (Å²) in [4.78, 5) is 26.2. The third-order valence-corrected chi connectivity index (χ3v) is 5.20. The van der Waals surface area contributed by atoms with Crippen LogP contribution in [0, 0.1) is 0 Å². The lowest BCUT2D eigenvalue weighted by Gasteiger charge is -2.15. The minimum Gasteiger partial charge on any atom is -0.295 e. The largest absolute Gasteiger partial charge is 0.295 e. The number of rotatable bonds is 4. The Labute approximate surface area is 166 Å². The molecule has 0 spiro atoms. The standard InChI is InChI=1S/C20H14ClNO2S2/c1-13(23)15-8-5-9-17(11-15)22-19(24)18(26-20(22)25)12-16(21)10-14-6-3-2-4-7-14/h2-12H,1H3. The summed E-state index contributed by atoms with van der Waals surface area (Å²) < 4.78 is 0.408. The van der Waals surface area contributed by atoms with Gasteiger partial charge in [0.05, 0.1) is 10.6 Å². The maximum atomic E-state index is 12.8. The minimum absolute atomic E-state index is 0.0679. The van der Waals surface area contributed by atoms with Gasteiger partial charge in [0.15, 0.2) is 10.1 Å². The lowest BCUT2D eigenvalue weighted by Crippen LogP contribution is -2.27. The maximum Gasteiger partial charge on any atom is 0.270 e. The molecule has 0 bridgehead atoms. The van der Waals surface area contributed by atoms with Crippen molar-refractivity contribution in [2.24, 2.45) is 0 Å². The van der Waals surface area contributed by atoms with Crippen molar-refractivity contribution in [2.45, 2.75) is 6.92 Å². The Kier molecular flexibility index (Phi) is 5.71. The van der Waals surface area contributed by atoms with Crippen molar-refractivity contribution in [2.75, 3.05) is 4.90 Å². The van der Waals surface area contributed by atoms with Gasteiger partial charge in [0.25, 0.3) is 5.91 Å². The quantitative estimate of drug-likeness (QED) is 0.391. The Morgan fingerprint density at radius 3 is 2.58 bits per heavy atom. The SMILES string of the molecule is CC(=O)c1cccc(N2C(=O)C(=CC(Cl)=Cc3ccccc3)SC2=S)c1. The first-order chi connectivity index (χ1) is 12.5. The molecule has 1 fully saturated rings. The molecule has 1 aliphatic heterocycles. The third kappa shape index (κ3) is 4.12. The van der Waals surface area contributed by atoms with Crippen molar-refractivity contribution in [3.8, 4) is 0 Å². The fraction of sp³-hybridized carbons (Fsp3) is 0.0500. The summed E-state index contributed by atoms with van der Waals surface area (Å²) in [5.74, 6) is -0.318. The normalized spacial score (nSPS) is 16.5. The molecule has 1 heterocycles. The first kappa shape index (κ1) is 18.6. The summed E-state index contributed by atoms with van der Waals surface area (Å²) in [5, 5.41) is 0.439. The van der Waals surface area contributed by atoms with Gasteiger partial charge < -0.3 is 0 Å². The maximum absolute atomic E-state index is 12.8. The fourth-order valence-electron chi connectivity index (χ4n) is 2.43. The van der Waals surface area contributed by atoms with Gasteiger partial charge in [-0.3, -0.25) is 14.5 Å². The van der Waals surface area contributed by atoms with Crippen molar-refractivity contribution in [3.05, 3.63) is 81.7 Å². The van der Waals surface area contributed by atoms with E-state index in [4.69, 9.17) is 23.8 Å². The summed E-state index contributed by atoms with van der Waals surface area (Å²) in [6.45, 7) is 1.48. The molecule has 130 valence electrons. The molecule has 1 aliphatic rings. The molecular formula is C20H14ClNO2S2. The van der Waals surface area contributed by atoms with E-state index in [0.717, 1.165) is 5.56 Å². The molecule has 3 rings (SSSR count). The monoisotopic (exact) mass is 399 g/mol. The van der Waals surface area contributed by atoms with Crippen molar-refractivity contribution >= 4 is 63.4 Å². The Morgan fingerprint density at radius 2 is 1.88 bits per heavy atom. The van der Waals surface area contributed by atoms with Crippen LogP contribution >= 0.6 is 35.6 Å². The van der Waals surface area contributed by atoms with E-state index in [-0.39, 0.29) is 11.7 Å². The second-order valence-electron chi connectivity index (χ2n) is 5.56. The number of amides is 1. The molecule has 1 amide bonds. The summed E-state index contributed by atoms with van der Waals surface area (Å²) in [6, 6.07) is 16.5. The van der Waals surface area contributed by atoms with Gasteiger partial charge in [0, 0.05) is 10.6 Å². The molecule has 6 heteroatoms. The highest BCUT2D eigenvalue weighted by Gasteiger charge is 2.33. The molecule has 0 aromatic heterocycles. The van der Waals surface area contributed by atoms with Gasteiger partial charge in [-0.25, -0.2) is 0 Å². The van der Waals surface area contributed by atoms with Gasteiger partial charge in [-0.2, -0.15) is 0 Å². The van der Waals surface area contributed by atoms with Crippen LogP contribution in [0.4, 0.5) is 5.69 Å². The number of hydrogen-bond acceptors (Lipinski definition) is 4. The molecule has 0 aliphatic carbocycles. The number of carbonyl (C=O) groups is 2. The van der Waals surface area contributed by atoms with Crippen LogP contribution in [0.1, 0.15) is 22.8 Å². The molecule has 2 aromatic rings. The molecule has 0 saturated carbocycles. The Morgan fingerprint density at radius 1 is 1.15 bits per heavy atom. The Balaban J connectivity index is 1.88. The molecule has 0 N–H and O–H groups in total. The van der Waals surface area contributed by atoms with Crippen LogP contribution in [0.5, 0.6) is 0 Å². The van der Waals surface area contributed by atoms with E-state index in [1.54, 1.807) is 36.4 Å². The number of Topliss-reactive ketones (excluding diaryl/α,β-unsaturated/α-hetero) is 1. The van der Waals surface area contributed by atoms with Crippen LogP contribution in [0.3, 0.4) is 0 Å². The van der Waals surface area contributed by atoms with Gasteiger partial charge in [-0.1, -0.05) is 78.0 Å². The molecule has 0 unspecified atom stereocenters. The van der Waals surface area contributed by atoms with Crippen LogP contribution < -0.4 is 4.90 Å². The molecule has 26 heavy (non-hydrogen) atoms. The fourth-order valence-corrected chi connectivity index (χ4v) is 4.02. The van der Waals surface area contributed by atoms with Crippen LogP contribution in [0.25, 0.3) is 6.08 Å². The molecule has 0 atom stereocenters. The highest BCUT2D eigenvalue weighted by atomic mass is 35.5. The molecule has 1 saturated heterocycles. The molecule has 0 radical (unpaired) electrons. The number of halogens is 1. The third-order valence-electron chi connectivity index (χ3n) is 3.68. The Hall–Kier alpha value is -2.21. The first-order valence-electron chi connectivity index (χ1n) is 7.77. The highest BCUT2D eigenvalue weighted by molar-refractivity contribution is 8.27. The number of allylic oxidation sites excluding steroid dienone is 2. The number of nitrogens with zero attached hydrogens (tertiary/aromatic N) is 1. The summed E-state index contributed by atoms with van der Waals surface area (Å²) in [7, 11) is 0. The zero-order chi connectivity index (χ0) is 18.7. The van der Waals surface area contributed by atoms with E-state index >= 15 is 0 Å². The summed E-state index contributed by atoms with van der Waals surface area (Å²) in [5.41, 5.74) is 2.05. The van der Waals surface area contributed by atoms with Gasteiger partial charge in [0.1, 0.15) is 0 Å². The second kappa shape index (κ2) is 7.99. The van der Waals surface area contributed by atoms with E-state index in [9.17, 15) is 9.59 Å². The van der Waals surface area contributed by atoms with Gasteiger partial charge in [0.2, 0.25) is 0 Å². The summed E-state index contributed by atoms with van der Waals surface area (Å²) >= 11 is 12.8. The first-order valence-corrected chi connectivity index (χ1v) is 9.37. The van der Waals surface area contributed by atoms with Crippen LogP contribution in [0.15, 0.2) is 70.6 Å². The number of thioether (sulfide) groups is 1. The number of hydrogen-bond donors (Lipinski definition) is 0. The predicted octanol–water partition coefficient (Wildman–Crippen LogP) is 5.42. The van der Waals surface area contributed by atoms with Crippen LogP contribution in [-0.2, 0) is 4.79 Å². The molecule has 2 aromatic carbocycles. The second-order valence-corrected chi connectivity index (χ2v) is 7.68. The van der Waals surface area contributed by atoms with Crippen molar-refractivity contribution in [3.63, 3.8) is 0 Å². The highest BCUT2D eigenvalue weighted by Crippen LogP contribution is 2.36. The number of anilines is 1. The van der Waals surface area contributed by atoms with Crippen LogP contribution in [-0.4, -0.2) is 16.0 Å². The zero-order valence-corrected chi connectivity index (χ0v) is 16.2. The molecule has 3 nitrogen and oxygen atoms in total. The van der Waals surface area contributed by atoms with E-state index < -0.39 is 0 Å². The average Bonchev–Trinajstić information content (AvgIpc) is 2.89. The molecular weight excluding hydrogens is 386 g/mol. The number of benzene rings is 2. The lowest BCUT2D eigenvalue weighted by atomic mass is 10.1. The van der Waals surface area contributed by atoms with Crippen LogP contribution in [0.2, 0.25) is 0 Å². The van der Waals surface area contributed by atoms with E-state index in [0.29, 0.717) is 25.5 Å². The van der Waals surface area contributed by atoms with Gasteiger partial charge in [-0.15, -0.1) is 0 Å². The van der Waals surface area contributed by atoms with Crippen molar-refractivity contribution in [1.29, 1.82) is 0 Å². The van der Waals surface area contributed by atoms with E-state index in [2.05, 4.69) is 0 Å². The lowest BCUT2D eigenvalue weighted by molar-refractivity contribution is -0.113. The van der Waals surface area contributed by atoms with E-state index in [1.165, 1.54) is 23.6 Å². The average molecular weight is 400 g/mol. The number of thiocarbonyl (C=S) groups is 1. The smallest absolute Gasteiger partial charge is 0.270 e. The van der Waals surface area contributed by atoms with E-state index in [1.807, 2.05) is 30.3 Å². The van der Waals surface area contributed by atoms with Crippen molar-refractivity contribution < 1.29 is 9.59 Å². The topological polar surface area (TPSA) is 37.4 Å². The Bertz CT molecular complexity index is 951. The van der Waals surface area contributed by atoms with Gasteiger partial charge in [-0.05, 0) is 36.8 Å². The zero-order valence-electron chi connectivity index (χ0n) is 13.8. The van der Waals surface area contributed by atoms with Gasteiger partial charge >= 0.3 is 0 Å². The predicted molar refractivity (Wildman–Crippen MR) is 112 cm³/mol.